The molecule has 0 radical (unpaired) electrons. The summed E-state index contributed by atoms with van der Waals surface area (Å²) in [6, 6.07) is 14.2. The Kier molecular flexibility index (Phi) is 7.63. The number of para-hydroxylation sites is 1. The third kappa shape index (κ3) is 5.85. The van der Waals surface area contributed by atoms with Crippen LogP contribution < -0.4 is 5.32 Å². The number of amides is 2. The van der Waals surface area contributed by atoms with E-state index in [1.54, 1.807) is 44.4 Å². The first kappa shape index (κ1) is 21.5. The average Bonchev–Trinajstić information content (AvgIpc) is 2.67. The smallest absolute Gasteiger partial charge is 0.340 e. The van der Waals surface area contributed by atoms with E-state index in [9.17, 15) is 14.4 Å². The van der Waals surface area contributed by atoms with Gasteiger partial charge in [0.1, 0.15) is 0 Å². The van der Waals surface area contributed by atoms with Gasteiger partial charge in [-0.3, -0.25) is 9.59 Å². The van der Waals surface area contributed by atoms with Crippen molar-refractivity contribution in [3.8, 4) is 0 Å². The maximum Gasteiger partial charge on any atom is 0.340 e. The summed E-state index contributed by atoms with van der Waals surface area (Å²) in [4.78, 5) is 38.9. The number of ether oxygens (including phenoxy) is 1. The minimum absolute atomic E-state index is 0.0563. The summed E-state index contributed by atoms with van der Waals surface area (Å²) in [5.41, 5.74) is 1.92. The quantitative estimate of drug-likeness (QED) is 0.570. The molecule has 0 saturated heterocycles. The number of anilines is 1. The molecule has 0 bridgehead atoms. The SMILES string of the molecule is Cc1ccccc1NC(=O)C(C)OC(=O)c1ccccc1SCC(=O)N(C)C. The minimum Gasteiger partial charge on any atom is -0.449 e. The van der Waals surface area contributed by atoms with Crippen LogP contribution in [0.25, 0.3) is 0 Å². The third-order valence-corrected chi connectivity index (χ3v) is 5.07. The highest BCUT2D eigenvalue weighted by atomic mass is 32.2. The zero-order valence-corrected chi connectivity index (χ0v) is 17.2. The molecule has 2 aromatic rings. The van der Waals surface area contributed by atoms with Gasteiger partial charge in [-0.25, -0.2) is 4.79 Å². The lowest BCUT2D eigenvalue weighted by Gasteiger charge is -2.16. The number of hydrogen-bond acceptors (Lipinski definition) is 5. The predicted octanol–water partition coefficient (Wildman–Crippen LogP) is 3.36. The Bertz CT molecular complexity index is 867. The molecular formula is C21H24N2O4S. The molecule has 0 heterocycles. The summed E-state index contributed by atoms with van der Waals surface area (Å²) in [5, 5.41) is 2.76. The number of thioether (sulfide) groups is 1. The van der Waals surface area contributed by atoms with E-state index >= 15 is 0 Å². The fourth-order valence-electron chi connectivity index (χ4n) is 2.25. The molecule has 0 aliphatic rings. The van der Waals surface area contributed by atoms with Crippen molar-refractivity contribution in [1.29, 1.82) is 0 Å². The van der Waals surface area contributed by atoms with Gasteiger partial charge >= 0.3 is 5.97 Å². The van der Waals surface area contributed by atoms with Crippen LogP contribution in [0, 0.1) is 6.92 Å². The molecule has 0 aliphatic carbocycles. The zero-order valence-electron chi connectivity index (χ0n) is 16.4. The number of aryl methyl sites for hydroxylation is 1. The Balaban J connectivity index is 2.03. The van der Waals surface area contributed by atoms with Crippen molar-refractivity contribution in [2.24, 2.45) is 0 Å². The van der Waals surface area contributed by atoms with Crippen molar-refractivity contribution in [2.45, 2.75) is 24.8 Å². The first-order chi connectivity index (χ1) is 13.3. The van der Waals surface area contributed by atoms with Gasteiger partial charge in [-0.2, -0.15) is 0 Å². The topological polar surface area (TPSA) is 75.7 Å². The standard InChI is InChI=1S/C21H24N2O4S/c1-14-9-5-7-11-17(14)22-20(25)15(2)27-21(26)16-10-6-8-12-18(16)28-13-19(24)23(3)4/h5-12,15H,13H2,1-4H3,(H,22,25). The lowest BCUT2D eigenvalue weighted by molar-refractivity contribution is -0.126. The number of nitrogens with one attached hydrogen (secondary N) is 1. The minimum atomic E-state index is -0.964. The first-order valence-electron chi connectivity index (χ1n) is 8.79. The Morgan fingerprint density at radius 3 is 2.39 bits per heavy atom. The van der Waals surface area contributed by atoms with Crippen molar-refractivity contribution in [3.05, 3.63) is 59.7 Å². The molecule has 148 valence electrons. The fraction of sp³-hybridized carbons (Fsp3) is 0.286. The number of hydrogen-bond donors (Lipinski definition) is 1. The summed E-state index contributed by atoms with van der Waals surface area (Å²) in [5.74, 6) is -0.858. The molecule has 0 aliphatic heterocycles. The summed E-state index contributed by atoms with van der Waals surface area (Å²) in [6.45, 7) is 3.41. The van der Waals surface area contributed by atoms with Crippen LogP contribution in [0.15, 0.2) is 53.4 Å². The van der Waals surface area contributed by atoms with Crippen molar-refractivity contribution >= 4 is 35.2 Å². The predicted molar refractivity (Wildman–Crippen MR) is 111 cm³/mol. The van der Waals surface area contributed by atoms with Gasteiger partial charge in [0.25, 0.3) is 5.91 Å². The highest BCUT2D eigenvalue weighted by Gasteiger charge is 2.21. The van der Waals surface area contributed by atoms with Crippen LogP contribution in [0.2, 0.25) is 0 Å². The van der Waals surface area contributed by atoms with Crippen molar-refractivity contribution < 1.29 is 19.1 Å². The molecule has 1 unspecified atom stereocenters. The molecule has 1 atom stereocenters. The van der Waals surface area contributed by atoms with Crippen LogP contribution in [-0.2, 0) is 14.3 Å². The molecule has 0 aromatic heterocycles. The Labute approximate surface area is 169 Å². The number of carbonyl (C=O) groups excluding carboxylic acids is 3. The monoisotopic (exact) mass is 400 g/mol. The number of nitrogens with zero attached hydrogens (tertiary/aromatic N) is 1. The van der Waals surface area contributed by atoms with E-state index in [1.807, 2.05) is 25.1 Å². The highest BCUT2D eigenvalue weighted by molar-refractivity contribution is 8.00. The van der Waals surface area contributed by atoms with E-state index in [0.717, 1.165) is 5.56 Å². The maximum absolute atomic E-state index is 12.6. The molecule has 0 saturated carbocycles. The summed E-state index contributed by atoms with van der Waals surface area (Å²) >= 11 is 1.26. The van der Waals surface area contributed by atoms with Crippen LogP contribution in [0.1, 0.15) is 22.8 Å². The molecule has 6 nitrogen and oxygen atoms in total. The molecule has 0 fully saturated rings. The summed E-state index contributed by atoms with van der Waals surface area (Å²) < 4.78 is 5.35. The van der Waals surface area contributed by atoms with Crippen LogP contribution in [0.3, 0.4) is 0 Å². The number of benzene rings is 2. The average molecular weight is 401 g/mol. The van der Waals surface area contributed by atoms with Crippen LogP contribution in [0.4, 0.5) is 5.69 Å². The van der Waals surface area contributed by atoms with Crippen molar-refractivity contribution in [1.82, 2.24) is 4.90 Å². The highest BCUT2D eigenvalue weighted by Crippen LogP contribution is 2.24. The first-order valence-corrected chi connectivity index (χ1v) is 9.77. The lowest BCUT2D eigenvalue weighted by Crippen LogP contribution is -2.30. The maximum atomic E-state index is 12.6. The van der Waals surface area contributed by atoms with Crippen LogP contribution in [0.5, 0.6) is 0 Å². The van der Waals surface area contributed by atoms with Crippen LogP contribution in [-0.4, -0.2) is 48.6 Å². The van der Waals surface area contributed by atoms with Gasteiger partial charge in [-0.1, -0.05) is 30.3 Å². The third-order valence-electron chi connectivity index (χ3n) is 4.01. The molecule has 2 amide bonds. The number of carbonyl (C=O) groups is 3. The number of rotatable bonds is 7. The summed E-state index contributed by atoms with van der Waals surface area (Å²) in [6.07, 6.45) is -0.964. The van der Waals surface area contributed by atoms with Crippen molar-refractivity contribution in [3.63, 3.8) is 0 Å². The van der Waals surface area contributed by atoms with Gasteiger partial charge < -0.3 is 15.0 Å². The van der Waals surface area contributed by atoms with Crippen LogP contribution >= 0.6 is 11.8 Å². The second-order valence-corrected chi connectivity index (χ2v) is 7.44. The van der Waals surface area contributed by atoms with Gasteiger partial charge in [0.2, 0.25) is 5.91 Å². The largest absolute Gasteiger partial charge is 0.449 e. The molecule has 1 N–H and O–H groups in total. The van der Waals surface area contributed by atoms with E-state index in [-0.39, 0.29) is 11.7 Å². The van der Waals surface area contributed by atoms with Gasteiger partial charge in [-0.15, -0.1) is 11.8 Å². The van der Waals surface area contributed by atoms with E-state index in [1.165, 1.54) is 23.6 Å². The lowest BCUT2D eigenvalue weighted by atomic mass is 10.2. The normalized spacial score (nSPS) is 11.4. The van der Waals surface area contributed by atoms with E-state index in [2.05, 4.69) is 5.32 Å². The second-order valence-electron chi connectivity index (χ2n) is 6.42. The number of esters is 1. The van der Waals surface area contributed by atoms with Gasteiger partial charge in [0.05, 0.1) is 11.3 Å². The van der Waals surface area contributed by atoms with Gasteiger partial charge in [0.15, 0.2) is 6.10 Å². The molecule has 0 spiro atoms. The van der Waals surface area contributed by atoms with E-state index in [0.29, 0.717) is 16.1 Å². The summed E-state index contributed by atoms with van der Waals surface area (Å²) in [7, 11) is 3.36. The fourth-order valence-corrected chi connectivity index (χ4v) is 3.27. The molecule has 28 heavy (non-hydrogen) atoms. The Hall–Kier alpha value is -2.80. The Morgan fingerprint density at radius 2 is 1.71 bits per heavy atom. The molecule has 2 rings (SSSR count). The second kappa shape index (κ2) is 9.94. The van der Waals surface area contributed by atoms with Crippen molar-refractivity contribution in [2.75, 3.05) is 25.2 Å². The van der Waals surface area contributed by atoms with E-state index in [4.69, 9.17) is 4.74 Å². The molecular weight excluding hydrogens is 376 g/mol. The zero-order chi connectivity index (χ0) is 20.7. The molecule has 2 aromatic carbocycles. The molecule has 7 heteroatoms. The Morgan fingerprint density at radius 1 is 1.07 bits per heavy atom. The van der Waals surface area contributed by atoms with Gasteiger partial charge in [-0.05, 0) is 37.6 Å². The van der Waals surface area contributed by atoms with E-state index < -0.39 is 18.0 Å². The van der Waals surface area contributed by atoms with Gasteiger partial charge in [0, 0.05) is 24.7 Å².